The first kappa shape index (κ1) is 27.3. The molecule has 8 rings (SSSR count). The lowest BCUT2D eigenvalue weighted by molar-refractivity contribution is 1.29. The molecule has 4 heteroatoms. The fourth-order valence-electron chi connectivity index (χ4n) is 5.95. The number of hydrogen-bond acceptors (Lipinski definition) is 4. The minimum absolute atomic E-state index is 0.844. The largest absolute Gasteiger partial charge is 0.265 e. The number of pyridine rings is 2. The summed E-state index contributed by atoms with van der Waals surface area (Å²) < 4.78 is 0. The Morgan fingerprint density at radius 1 is 0.283 bits per heavy atom. The van der Waals surface area contributed by atoms with Crippen LogP contribution in [0.15, 0.2) is 170 Å². The molecule has 0 saturated heterocycles. The Kier molecular flexibility index (Phi) is 7.14. The maximum absolute atomic E-state index is 5.34. The van der Waals surface area contributed by atoms with E-state index in [1.165, 1.54) is 0 Å². The Hall–Kier alpha value is -6.26. The van der Waals surface area contributed by atoms with Crippen molar-refractivity contribution in [2.45, 2.75) is 0 Å². The van der Waals surface area contributed by atoms with Crippen molar-refractivity contribution in [1.82, 2.24) is 19.9 Å². The third kappa shape index (κ3) is 5.33. The Balaban J connectivity index is 1.33. The predicted octanol–water partition coefficient (Wildman–Crippen LogP) is 10.4. The lowest BCUT2D eigenvalue weighted by Crippen LogP contribution is -1.97. The van der Waals surface area contributed by atoms with Gasteiger partial charge < -0.3 is 0 Å². The van der Waals surface area contributed by atoms with Crippen molar-refractivity contribution in [3.05, 3.63) is 170 Å². The Morgan fingerprint density at radius 2 is 0.609 bits per heavy atom. The first-order chi connectivity index (χ1) is 22.8. The molecule has 5 aromatic carbocycles. The van der Waals surface area contributed by atoms with Gasteiger partial charge in [0.2, 0.25) is 0 Å². The van der Waals surface area contributed by atoms with Crippen LogP contribution in [0.4, 0.5) is 0 Å². The summed E-state index contributed by atoms with van der Waals surface area (Å²) in [5.41, 5.74) is 14.4. The van der Waals surface area contributed by atoms with E-state index in [1.54, 1.807) is 0 Å². The van der Waals surface area contributed by atoms with Gasteiger partial charge in [-0.1, -0.05) is 109 Å². The van der Waals surface area contributed by atoms with E-state index in [4.69, 9.17) is 9.97 Å². The van der Waals surface area contributed by atoms with Crippen LogP contribution in [0.3, 0.4) is 0 Å². The minimum atomic E-state index is 0.844. The topological polar surface area (TPSA) is 51.6 Å². The molecule has 46 heavy (non-hydrogen) atoms. The second-order valence-corrected chi connectivity index (χ2v) is 11.2. The molecule has 4 nitrogen and oxygen atoms in total. The highest BCUT2D eigenvalue weighted by atomic mass is 14.8. The molecule has 0 radical (unpaired) electrons. The predicted molar refractivity (Wildman–Crippen MR) is 188 cm³/mol. The molecular formula is C42H28N4. The molecule has 0 amide bonds. The van der Waals surface area contributed by atoms with Crippen molar-refractivity contribution in [3.63, 3.8) is 0 Å². The van der Waals surface area contributed by atoms with E-state index in [-0.39, 0.29) is 0 Å². The fourth-order valence-corrected chi connectivity index (χ4v) is 5.95. The molecular weight excluding hydrogens is 560 g/mol. The van der Waals surface area contributed by atoms with E-state index in [9.17, 15) is 0 Å². The van der Waals surface area contributed by atoms with Gasteiger partial charge in [0.1, 0.15) is 0 Å². The fraction of sp³-hybridized carbons (Fsp3) is 0. The Morgan fingerprint density at radius 3 is 0.978 bits per heavy atom. The standard InChI is InChI=1S/C42H28N4/c1-3-7-33(8-4-1)37-27-39-40(28-38(37)34-9-5-2-6-10-34)46-42(36-17-13-30(14-18-36)32-21-25-44-26-22-32)41(45-39)35-15-11-29(12-16-35)31-19-23-43-24-20-31/h1-28H. The molecule has 0 N–H and O–H groups in total. The third-order valence-corrected chi connectivity index (χ3v) is 8.32. The van der Waals surface area contributed by atoms with Gasteiger partial charge in [0.25, 0.3) is 0 Å². The summed E-state index contributed by atoms with van der Waals surface area (Å²) in [4.78, 5) is 19.0. The SMILES string of the molecule is c1ccc(-c2cc3nc(-c4ccc(-c5ccncc5)cc4)c(-c4ccc(-c5ccncc5)cc4)nc3cc2-c2ccccc2)cc1. The molecule has 0 aliphatic rings. The maximum Gasteiger partial charge on any atom is 0.0973 e. The van der Waals surface area contributed by atoms with E-state index in [0.717, 1.165) is 78.1 Å². The summed E-state index contributed by atoms with van der Waals surface area (Å²) in [5.74, 6) is 0. The van der Waals surface area contributed by atoms with Gasteiger partial charge >= 0.3 is 0 Å². The summed E-state index contributed by atoms with van der Waals surface area (Å²) in [7, 11) is 0. The van der Waals surface area contributed by atoms with Gasteiger partial charge in [-0.3, -0.25) is 9.97 Å². The average molecular weight is 589 g/mol. The summed E-state index contributed by atoms with van der Waals surface area (Å²) >= 11 is 0. The Labute approximate surface area is 267 Å². The lowest BCUT2D eigenvalue weighted by Gasteiger charge is -2.15. The molecule has 8 aromatic rings. The molecule has 3 heterocycles. The summed E-state index contributed by atoms with van der Waals surface area (Å²) in [6.45, 7) is 0. The zero-order valence-electron chi connectivity index (χ0n) is 25.0. The summed E-state index contributed by atoms with van der Waals surface area (Å²) in [6.07, 6.45) is 7.28. The molecule has 216 valence electrons. The maximum atomic E-state index is 5.34. The van der Waals surface area contributed by atoms with E-state index in [0.29, 0.717) is 0 Å². The minimum Gasteiger partial charge on any atom is -0.265 e. The van der Waals surface area contributed by atoms with Crippen molar-refractivity contribution in [1.29, 1.82) is 0 Å². The van der Waals surface area contributed by atoms with Crippen molar-refractivity contribution < 1.29 is 0 Å². The van der Waals surface area contributed by atoms with Gasteiger partial charge in [-0.2, -0.15) is 0 Å². The highest BCUT2D eigenvalue weighted by Crippen LogP contribution is 2.38. The number of nitrogens with zero attached hydrogens (tertiary/aromatic N) is 4. The zero-order chi connectivity index (χ0) is 30.7. The quantitative estimate of drug-likeness (QED) is 0.194. The van der Waals surface area contributed by atoms with Gasteiger partial charge in [-0.05, 0) is 80.9 Å². The molecule has 0 atom stereocenters. The van der Waals surface area contributed by atoms with Crippen LogP contribution in [0.1, 0.15) is 0 Å². The first-order valence-electron chi connectivity index (χ1n) is 15.3. The van der Waals surface area contributed by atoms with Gasteiger partial charge in [0, 0.05) is 35.9 Å². The number of rotatable bonds is 6. The second kappa shape index (κ2) is 12.0. The molecule has 0 spiro atoms. The summed E-state index contributed by atoms with van der Waals surface area (Å²) in [6, 6.07) is 50.6. The zero-order valence-corrected chi connectivity index (χ0v) is 25.0. The average Bonchev–Trinajstić information content (AvgIpc) is 3.15. The molecule has 0 aliphatic heterocycles. The van der Waals surface area contributed by atoms with E-state index in [2.05, 4.69) is 119 Å². The van der Waals surface area contributed by atoms with E-state index in [1.807, 2.05) is 61.2 Å². The van der Waals surface area contributed by atoms with Gasteiger partial charge in [-0.25, -0.2) is 9.97 Å². The van der Waals surface area contributed by atoms with Crippen molar-refractivity contribution in [2.75, 3.05) is 0 Å². The van der Waals surface area contributed by atoms with Crippen molar-refractivity contribution in [2.24, 2.45) is 0 Å². The van der Waals surface area contributed by atoms with Crippen molar-refractivity contribution in [3.8, 4) is 67.0 Å². The molecule has 3 aromatic heterocycles. The van der Waals surface area contributed by atoms with Gasteiger partial charge in [-0.15, -0.1) is 0 Å². The Bertz CT molecular complexity index is 2090. The van der Waals surface area contributed by atoms with E-state index < -0.39 is 0 Å². The molecule has 0 aliphatic carbocycles. The molecule has 0 fully saturated rings. The monoisotopic (exact) mass is 588 g/mol. The molecule has 0 saturated carbocycles. The highest BCUT2D eigenvalue weighted by molar-refractivity contribution is 5.96. The molecule has 0 unspecified atom stereocenters. The third-order valence-electron chi connectivity index (χ3n) is 8.32. The van der Waals surface area contributed by atoms with Gasteiger partial charge in [0.15, 0.2) is 0 Å². The lowest BCUT2D eigenvalue weighted by atomic mass is 9.93. The van der Waals surface area contributed by atoms with Crippen LogP contribution in [0.25, 0.3) is 78.1 Å². The summed E-state index contributed by atoms with van der Waals surface area (Å²) in [5, 5.41) is 0. The second-order valence-electron chi connectivity index (χ2n) is 11.2. The number of hydrogen-bond donors (Lipinski definition) is 0. The number of benzene rings is 5. The van der Waals surface area contributed by atoms with Crippen molar-refractivity contribution >= 4 is 11.0 Å². The van der Waals surface area contributed by atoms with Crippen LogP contribution in [0.5, 0.6) is 0 Å². The smallest absolute Gasteiger partial charge is 0.0973 e. The van der Waals surface area contributed by atoms with Crippen LogP contribution in [-0.2, 0) is 0 Å². The van der Waals surface area contributed by atoms with Crippen LogP contribution in [0, 0.1) is 0 Å². The number of fused-ring (bicyclic) bond motifs is 1. The van der Waals surface area contributed by atoms with Gasteiger partial charge in [0.05, 0.1) is 22.4 Å². The number of aromatic nitrogens is 4. The van der Waals surface area contributed by atoms with E-state index >= 15 is 0 Å². The molecule has 0 bridgehead atoms. The normalized spacial score (nSPS) is 11.0. The van der Waals surface area contributed by atoms with Crippen LogP contribution < -0.4 is 0 Å². The first-order valence-corrected chi connectivity index (χ1v) is 15.3. The van der Waals surface area contributed by atoms with Crippen LogP contribution >= 0.6 is 0 Å². The van der Waals surface area contributed by atoms with Crippen LogP contribution in [-0.4, -0.2) is 19.9 Å². The highest BCUT2D eigenvalue weighted by Gasteiger charge is 2.17. The van der Waals surface area contributed by atoms with Crippen LogP contribution in [0.2, 0.25) is 0 Å².